The van der Waals surface area contributed by atoms with E-state index in [1.807, 2.05) is 11.9 Å². The van der Waals surface area contributed by atoms with E-state index in [9.17, 15) is 0 Å². The topological polar surface area (TPSA) is 40.0 Å². The molecule has 2 unspecified atom stereocenters. The highest BCUT2D eigenvalue weighted by Gasteiger charge is 2.29. The van der Waals surface area contributed by atoms with Crippen LogP contribution in [0.2, 0.25) is 0 Å². The van der Waals surface area contributed by atoms with Crippen molar-refractivity contribution in [3.8, 4) is 0 Å². The molecule has 0 radical (unpaired) electrons. The normalized spacial score (nSPS) is 35.5. The Bertz CT molecular complexity index is 220. The Morgan fingerprint density at radius 1 is 1.73 bits per heavy atom. The van der Waals surface area contributed by atoms with Gasteiger partial charge < -0.3 is 0 Å². The first-order valence-corrected chi connectivity index (χ1v) is 3.87. The fourth-order valence-corrected chi connectivity index (χ4v) is 1.36. The van der Waals surface area contributed by atoms with E-state index in [-0.39, 0.29) is 6.29 Å². The van der Waals surface area contributed by atoms with Crippen LogP contribution in [0.5, 0.6) is 0 Å². The molecule has 60 valence electrons. The van der Waals surface area contributed by atoms with Gasteiger partial charge in [0.2, 0.25) is 0 Å². The van der Waals surface area contributed by atoms with Gasteiger partial charge in [-0.2, -0.15) is 5.10 Å². The van der Waals surface area contributed by atoms with Gasteiger partial charge >= 0.3 is 0 Å². The van der Waals surface area contributed by atoms with Crippen LogP contribution in [0.25, 0.3) is 0 Å². The Hall–Kier alpha value is -0.900. The van der Waals surface area contributed by atoms with Crippen molar-refractivity contribution >= 4 is 11.9 Å². The van der Waals surface area contributed by atoms with Gasteiger partial charge in [0.15, 0.2) is 6.29 Å². The second-order valence-corrected chi connectivity index (χ2v) is 3.03. The molecule has 1 saturated heterocycles. The summed E-state index contributed by atoms with van der Waals surface area (Å²) in [5.41, 5.74) is 0.993. The van der Waals surface area contributed by atoms with Gasteiger partial charge in [-0.15, -0.1) is 0 Å². The van der Waals surface area contributed by atoms with Gasteiger partial charge in [-0.1, -0.05) is 0 Å². The van der Waals surface area contributed by atoms with Crippen LogP contribution >= 0.6 is 0 Å². The lowest BCUT2D eigenvalue weighted by Gasteiger charge is -2.24. The predicted molar refractivity (Wildman–Crippen MR) is 44.7 cm³/mol. The van der Waals surface area contributed by atoms with Gasteiger partial charge in [0, 0.05) is 6.54 Å². The van der Waals surface area contributed by atoms with Crippen LogP contribution < -0.4 is 5.32 Å². The number of nitrogens with one attached hydrogen (secondary N) is 1. The van der Waals surface area contributed by atoms with Gasteiger partial charge in [0.25, 0.3) is 0 Å². The van der Waals surface area contributed by atoms with Gasteiger partial charge in [-0.05, 0) is 13.8 Å². The quantitative estimate of drug-likeness (QED) is 0.531. The van der Waals surface area contributed by atoms with Crippen molar-refractivity contribution in [2.45, 2.75) is 26.2 Å². The first-order chi connectivity index (χ1) is 5.27. The van der Waals surface area contributed by atoms with E-state index in [4.69, 9.17) is 0 Å². The van der Waals surface area contributed by atoms with Crippen LogP contribution in [0, 0.1) is 0 Å². The fraction of sp³-hybridized carbons (Fsp3) is 0.714. The maximum atomic E-state index is 4.38. The molecular weight excluding hydrogens is 140 g/mol. The average molecular weight is 152 g/mol. The molecule has 0 aromatic rings. The fourth-order valence-electron chi connectivity index (χ4n) is 1.36. The SMILES string of the molecule is CC1=NC2NCC(C)N2N=C1. The number of rotatable bonds is 0. The Morgan fingerprint density at radius 2 is 2.55 bits per heavy atom. The van der Waals surface area contributed by atoms with Crippen LogP contribution in [-0.4, -0.2) is 35.8 Å². The lowest BCUT2D eigenvalue weighted by molar-refractivity contribution is 0.211. The Kier molecular flexibility index (Phi) is 1.42. The summed E-state index contributed by atoms with van der Waals surface area (Å²) in [4.78, 5) is 4.38. The molecule has 0 bridgehead atoms. The molecule has 0 aromatic carbocycles. The summed E-state index contributed by atoms with van der Waals surface area (Å²) < 4.78 is 0. The van der Waals surface area contributed by atoms with Crippen LogP contribution in [0.15, 0.2) is 10.1 Å². The summed E-state index contributed by atoms with van der Waals surface area (Å²) in [6.07, 6.45) is 1.90. The third kappa shape index (κ3) is 1.03. The van der Waals surface area contributed by atoms with E-state index >= 15 is 0 Å². The monoisotopic (exact) mass is 152 g/mol. The van der Waals surface area contributed by atoms with Crippen molar-refractivity contribution in [2.24, 2.45) is 10.1 Å². The Balaban J connectivity index is 2.21. The third-order valence-corrected chi connectivity index (χ3v) is 2.00. The minimum absolute atomic E-state index is 0.0926. The van der Waals surface area contributed by atoms with E-state index < -0.39 is 0 Å². The largest absolute Gasteiger partial charge is 0.275 e. The lowest BCUT2D eigenvalue weighted by atomic mass is 10.4. The first-order valence-electron chi connectivity index (χ1n) is 3.87. The van der Waals surface area contributed by atoms with Crippen molar-refractivity contribution in [3.05, 3.63) is 0 Å². The highest BCUT2D eigenvalue weighted by atomic mass is 15.6. The summed E-state index contributed by atoms with van der Waals surface area (Å²) in [5, 5.41) is 9.52. The van der Waals surface area contributed by atoms with Gasteiger partial charge in [-0.25, -0.2) is 4.99 Å². The van der Waals surface area contributed by atoms with Gasteiger partial charge in [0.05, 0.1) is 18.0 Å². The first kappa shape index (κ1) is 6.79. The van der Waals surface area contributed by atoms with Crippen molar-refractivity contribution in [1.29, 1.82) is 0 Å². The number of aliphatic imine (C=N–C) groups is 1. The molecule has 2 heterocycles. The molecule has 4 nitrogen and oxygen atoms in total. The second kappa shape index (κ2) is 2.30. The summed E-state index contributed by atoms with van der Waals surface area (Å²) in [7, 11) is 0. The zero-order valence-corrected chi connectivity index (χ0v) is 6.78. The summed E-state index contributed by atoms with van der Waals surface area (Å²) in [6.45, 7) is 5.07. The maximum absolute atomic E-state index is 4.38. The molecule has 2 aliphatic heterocycles. The second-order valence-electron chi connectivity index (χ2n) is 3.03. The molecule has 11 heavy (non-hydrogen) atoms. The molecule has 1 fully saturated rings. The number of fused-ring (bicyclic) bond motifs is 1. The van der Waals surface area contributed by atoms with Gasteiger partial charge in [0.1, 0.15) is 0 Å². The number of nitrogens with zero attached hydrogens (tertiary/aromatic N) is 3. The average Bonchev–Trinajstić information content (AvgIpc) is 2.32. The smallest absolute Gasteiger partial charge is 0.191 e. The Morgan fingerprint density at radius 3 is 3.36 bits per heavy atom. The standard InChI is InChI=1S/C7H12N4/c1-5-3-9-11-6(2)4-8-7(11)10-5/h3,6-8H,4H2,1-2H3. The zero-order chi connectivity index (χ0) is 7.84. The molecule has 4 heteroatoms. The molecule has 0 saturated carbocycles. The molecule has 0 aliphatic carbocycles. The molecular formula is C7H12N4. The van der Waals surface area contributed by atoms with Crippen LogP contribution in [0.3, 0.4) is 0 Å². The van der Waals surface area contributed by atoms with E-state index in [2.05, 4.69) is 22.3 Å². The molecule has 0 spiro atoms. The van der Waals surface area contributed by atoms with Crippen LogP contribution in [0.4, 0.5) is 0 Å². The molecule has 0 amide bonds. The van der Waals surface area contributed by atoms with Crippen molar-refractivity contribution in [3.63, 3.8) is 0 Å². The maximum Gasteiger partial charge on any atom is 0.191 e. The van der Waals surface area contributed by atoms with Gasteiger partial charge in [-0.3, -0.25) is 10.3 Å². The highest BCUT2D eigenvalue weighted by Crippen LogP contribution is 2.14. The van der Waals surface area contributed by atoms with E-state index in [1.165, 1.54) is 0 Å². The zero-order valence-electron chi connectivity index (χ0n) is 6.78. The predicted octanol–water partition coefficient (Wildman–Crippen LogP) is 0.0240. The lowest BCUT2D eigenvalue weighted by Crippen LogP contribution is -2.36. The molecule has 2 atom stereocenters. The van der Waals surface area contributed by atoms with Crippen molar-refractivity contribution in [2.75, 3.05) is 6.54 Å². The van der Waals surface area contributed by atoms with Crippen molar-refractivity contribution in [1.82, 2.24) is 10.3 Å². The van der Waals surface area contributed by atoms with E-state index in [0.29, 0.717) is 6.04 Å². The van der Waals surface area contributed by atoms with Crippen molar-refractivity contribution < 1.29 is 0 Å². The highest BCUT2D eigenvalue weighted by molar-refractivity contribution is 6.29. The molecule has 0 aromatic heterocycles. The molecule has 1 N–H and O–H groups in total. The van der Waals surface area contributed by atoms with Crippen LogP contribution in [-0.2, 0) is 0 Å². The number of hydrazone groups is 1. The summed E-state index contributed by atoms with van der Waals surface area (Å²) >= 11 is 0. The molecule has 2 aliphatic rings. The molecule has 2 rings (SSSR count). The Labute approximate surface area is 66.0 Å². The third-order valence-electron chi connectivity index (χ3n) is 2.00. The number of hydrogen-bond donors (Lipinski definition) is 1. The number of hydrogen-bond acceptors (Lipinski definition) is 4. The summed E-state index contributed by atoms with van der Waals surface area (Å²) in [5.74, 6) is 0. The van der Waals surface area contributed by atoms with E-state index in [0.717, 1.165) is 12.3 Å². The minimum atomic E-state index is 0.0926. The summed E-state index contributed by atoms with van der Waals surface area (Å²) in [6, 6.07) is 0.466. The van der Waals surface area contributed by atoms with Crippen LogP contribution in [0.1, 0.15) is 13.8 Å². The van der Waals surface area contributed by atoms with E-state index in [1.54, 1.807) is 6.21 Å². The minimum Gasteiger partial charge on any atom is -0.275 e.